The van der Waals surface area contributed by atoms with Crippen LogP contribution in [0, 0.1) is 0 Å². The first-order valence-corrected chi connectivity index (χ1v) is 7.18. The van der Waals surface area contributed by atoms with Gasteiger partial charge in [0.2, 0.25) is 0 Å². The van der Waals surface area contributed by atoms with E-state index in [0.717, 1.165) is 25.7 Å². The molecule has 21 heavy (non-hydrogen) atoms. The summed E-state index contributed by atoms with van der Waals surface area (Å²) < 4.78 is 5.07. The molecule has 0 saturated heterocycles. The molecule has 1 N–H and O–H groups in total. The molecule has 0 amide bonds. The Kier molecular flexibility index (Phi) is 10.8. The second kappa shape index (κ2) is 11.1. The number of ether oxygens (including phenoxy) is 1. The molecular formula is C15H20ClNaO4. The molecule has 1 aromatic rings. The molecule has 4 nitrogen and oxygen atoms in total. The zero-order chi connectivity index (χ0) is 15.0. The Morgan fingerprint density at radius 1 is 1.24 bits per heavy atom. The van der Waals surface area contributed by atoms with Gasteiger partial charge in [0.05, 0.1) is 0 Å². The molecule has 0 saturated carbocycles. The standard InChI is InChI=1S/C15H19ClO4.Na.H/c1-2-3-4-5-9-12(16)15(19)20-13-10-7-6-8-11(13)14(17)18;;/h6-8,10,12H,2-5,9H2,1H3,(H,17,18);;. The van der Waals surface area contributed by atoms with Crippen LogP contribution in [0.25, 0.3) is 0 Å². The fourth-order valence-corrected chi connectivity index (χ4v) is 1.97. The molecule has 0 aromatic heterocycles. The summed E-state index contributed by atoms with van der Waals surface area (Å²) >= 11 is 5.97. The summed E-state index contributed by atoms with van der Waals surface area (Å²) in [5, 5.41) is 8.25. The number of carboxylic acids is 1. The number of hydrogen-bond donors (Lipinski definition) is 1. The average Bonchev–Trinajstić information content (AvgIpc) is 2.43. The van der Waals surface area contributed by atoms with Crippen LogP contribution in [-0.2, 0) is 4.79 Å². The van der Waals surface area contributed by atoms with E-state index in [1.165, 1.54) is 12.1 Å². The van der Waals surface area contributed by atoms with Gasteiger partial charge in [0.25, 0.3) is 0 Å². The number of carbonyl (C=O) groups is 2. The van der Waals surface area contributed by atoms with Gasteiger partial charge in [0.15, 0.2) is 0 Å². The number of carbonyl (C=O) groups excluding carboxylic acids is 1. The number of aromatic carboxylic acids is 1. The van der Waals surface area contributed by atoms with Crippen LogP contribution in [0.4, 0.5) is 0 Å². The molecule has 1 rings (SSSR count). The molecule has 112 valence electrons. The van der Waals surface area contributed by atoms with Crippen LogP contribution < -0.4 is 4.74 Å². The van der Waals surface area contributed by atoms with Gasteiger partial charge in [-0.25, -0.2) is 4.79 Å². The second-order valence-electron chi connectivity index (χ2n) is 4.54. The Morgan fingerprint density at radius 3 is 2.52 bits per heavy atom. The Labute approximate surface area is 152 Å². The van der Waals surface area contributed by atoms with Crippen molar-refractivity contribution in [2.75, 3.05) is 0 Å². The van der Waals surface area contributed by atoms with Gasteiger partial charge in [-0.05, 0) is 18.6 Å². The van der Waals surface area contributed by atoms with Crippen molar-refractivity contribution in [3.8, 4) is 5.75 Å². The van der Waals surface area contributed by atoms with E-state index in [0.29, 0.717) is 6.42 Å². The van der Waals surface area contributed by atoms with E-state index < -0.39 is 17.3 Å². The third kappa shape index (κ3) is 7.32. The average molecular weight is 323 g/mol. The van der Waals surface area contributed by atoms with Crippen LogP contribution in [0.15, 0.2) is 24.3 Å². The normalized spacial score (nSPS) is 11.3. The van der Waals surface area contributed by atoms with Crippen molar-refractivity contribution in [2.45, 2.75) is 44.4 Å². The fourth-order valence-electron chi connectivity index (χ4n) is 1.77. The molecule has 1 aromatic carbocycles. The van der Waals surface area contributed by atoms with E-state index in [2.05, 4.69) is 6.92 Å². The molecule has 0 aliphatic rings. The minimum atomic E-state index is -1.14. The summed E-state index contributed by atoms with van der Waals surface area (Å²) in [6.07, 6.45) is 4.65. The minimum absolute atomic E-state index is 0. The van der Waals surface area contributed by atoms with E-state index in [4.69, 9.17) is 21.4 Å². The molecule has 1 unspecified atom stereocenters. The first-order chi connectivity index (χ1) is 9.56. The Bertz CT molecular complexity index is 465. The second-order valence-corrected chi connectivity index (χ2v) is 5.07. The first-order valence-electron chi connectivity index (χ1n) is 6.74. The van der Waals surface area contributed by atoms with Crippen molar-refractivity contribution in [1.29, 1.82) is 0 Å². The van der Waals surface area contributed by atoms with Crippen LogP contribution in [0.2, 0.25) is 0 Å². The number of carboxylic acid groups (broad SMARTS) is 1. The number of rotatable bonds is 8. The first kappa shape index (κ1) is 20.5. The van der Waals surface area contributed by atoms with E-state index in [9.17, 15) is 9.59 Å². The van der Waals surface area contributed by atoms with Crippen LogP contribution >= 0.6 is 11.6 Å². The van der Waals surface area contributed by atoms with Crippen molar-refractivity contribution in [2.24, 2.45) is 0 Å². The van der Waals surface area contributed by atoms with E-state index in [1.807, 2.05) is 0 Å². The summed E-state index contributed by atoms with van der Waals surface area (Å²) in [6, 6.07) is 6.01. The van der Waals surface area contributed by atoms with E-state index in [1.54, 1.807) is 12.1 Å². The summed E-state index contributed by atoms with van der Waals surface area (Å²) in [5.74, 6) is -1.71. The van der Waals surface area contributed by atoms with Crippen molar-refractivity contribution in [1.82, 2.24) is 0 Å². The SMILES string of the molecule is CCCCCCC(Cl)C(=O)Oc1ccccc1C(=O)O.[NaH]. The number of esters is 1. The Morgan fingerprint density at radius 2 is 1.90 bits per heavy atom. The maximum atomic E-state index is 11.8. The van der Waals surface area contributed by atoms with Crippen molar-refractivity contribution in [3.05, 3.63) is 29.8 Å². The van der Waals surface area contributed by atoms with E-state index in [-0.39, 0.29) is 40.9 Å². The van der Waals surface area contributed by atoms with Gasteiger partial charge in [-0.15, -0.1) is 11.6 Å². The number of hydrogen-bond acceptors (Lipinski definition) is 3. The number of alkyl halides is 1. The molecule has 0 radical (unpaired) electrons. The molecule has 0 heterocycles. The van der Waals surface area contributed by atoms with Gasteiger partial charge in [0.1, 0.15) is 16.7 Å². The number of para-hydroxylation sites is 1. The zero-order valence-corrected chi connectivity index (χ0v) is 12.2. The van der Waals surface area contributed by atoms with Gasteiger partial charge in [0, 0.05) is 0 Å². The molecule has 0 aliphatic carbocycles. The van der Waals surface area contributed by atoms with Crippen LogP contribution in [0.1, 0.15) is 49.4 Å². The van der Waals surface area contributed by atoms with Crippen molar-refractivity contribution in [3.63, 3.8) is 0 Å². The molecule has 0 aliphatic heterocycles. The summed E-state index contributed by atoms with van der Waals surface area (Å²) in [5.41, 5.74) is -0.0456. The van der Waals surface area contributed by atoms with Crippen LogP contribution in [0.3, 0.4) is 0 Å². The molecule has 0 spiro atoms. The van der Waals surface area contributed by atoms with Gasteiger partial charge >= 0.3 is 41.5 Å². The molecular weight excluding hydrogens is 303 g/mol. The van der Waals surface area contributed by atoms with Gasteiger partial charge in [-0.3, -0.25) is 4.79 Å². The van der Waals surface area contributed by atoms with E-state index >= 15 is 0 Å². The maximum absolute atomic E-state index is 11.8. The predicted molar refractivity (Wildman–Crippen MR) is 84.6 cm³/mol. The molecule has 1 atom stereocenters. The third-order valence-electron chi connectivity index (χ3n) is 2.89. The van der Waals surface area contributed by atoms with Crippen LogP contribution in [0.5, 0.6) is 5.75 Å². The summed E-state index contributed by atoms with van der Waals surface area (Å²) in [7, 11) is 0. The fraction of sp³-hybridized carbons (Fsp3) is 0.467. The topological polar surface area (TPSA) is 63.6 Å². The molecule has 0 fully saturated rings. The van der Waals surface area contributed by atoms with Crippen molar-refractivity contribution < 1.29 is 19.4 Å². The molecule has 6 heteroatoms. The number of benzene rings is 1. The third-order valence-corrected chi connectivity index (χ3v) is 3.29. The monoisotopic (exact) mass is 322 g/mol. The Hall–Kier alpha value is -0.550. The summed E-state index contributed by atoms with van der Waals surface area (Å²) in [4.78, 5) is 22.8. The van der Waals surface area contributed by atoms with Gasteiger partial charge < -0.3 is 9.84 Å². The summed E-state index contributed by atoms with van der Waals surface area (Å²) in [6.45, 7) is 2.11. The quantitative estimate of drug-likeness (QED) is 0.262. The number of halogens is 1. The van der Waals surface area contributed by atoms with Crippen LogP contribution in [-0.4, -0.2) is 52.0 Å². The van der Waals surface area contributed by atoms with Gasteiger partial charge in [-0.2, -0.15) is 0 Å². The predicted octanol–water partition coefficient (Wildman–Crippen LogP) is 3.22. The van der Waals surface area contributed by atoms with Crippen molar-refractivity contribution >= 4 is 53.1 Å². The zero-order valence-electron chi connectivity index (χ0n) is 11.5. The molecule has 0 bridgehead atoms. The Balaban J connectivity index is 0.00000400. The van der Waals surface area contributed by atoms with Gasteiger partial charge in [-0.1, -0.05) is 44.7 Å². The number of unbranched alkanes of at least 4 members (excludes halogenated alkanes) is 3.